The summed E-state index contributed by atoms with van der Waals surface area (Å²) in [7, 11) is 2.17. The predicted molar refractivity (Wildman–Crippen MR) is 84.6 cm³/mol. The molecule has 2 bridgehead atoms. The molecule has 22 heavy (non-hydrogen) atoms. The van der Waals surface area contributed by atoms with Gasteiger partial charge in [-0.05, 0) is 32.4 Å². The number of ether oxygens (including phenoxy) is 1. The van der Waals surface area contributed by atoms with Crippen molar-refractivity contribution in [2.24, 2.45) is 0 Å². The van der Waals surface area contributed by atoms with Crippen molar-refractivity contribution in [3.8, 4) is 0 Å². The van der Waals surface area contributed by atoms with Gasteiger partial charge in [-0.25, -0.2) is 0 Å². The lowest BCUT2D eigenvalue weighted by Crippen LogP contribution is -2.50. The van der Waals surface area contributed by atoms with E-state index in [0.29, 0.717) is 12.1 Å². The van der Waals surface area contributed by atoms with Crippen molar-refractivity contribution < 1.29 is 14.6 Å². The van der Waals surface area contributed by atoms with Crippen LogP contribution in [0.2, 0.25) is 0 Å². The highest BCUT2D eigenvalue weighted by molar-refractivity contribution is 5.78. The van der Waals surface area contributed by atoms with E-state index in [9.17, 15) is 9.90 Å². The van der Waals surface area contributed by atoms with Gasteiger partial charge in [0.1, 0.15) is 11.5 Å². The first-order valence-corrected chi connectivity index (χ1v) is 8.13. The monoisotopic (exact) mass is 303 g/mol. The third-order valence-corrected chi connectivity index (χ3v) is 5.34. The Kier molecular flexibility index (Phi) is 4.24. The third-order valence-electron chi connectivity index (χ3n) is 5.34. The number of carbonyl (C=O) groups is 1. The second-order valence-corrected chi connectivity index (χ2v) is 6.98. The molecule has 4 nitrogen and oxygen atoms in total. The number of nitrogens with zero attached hydrogens (tertiary/aromatic N) is 1. The van der Waals surface area contributed by atoms with Crippen LogP contribution in [0.1, 0.15) is 44.1 Å². The summed E-state index contributed by atoms with van der Waals surface area (Å²) in [6.45, 7) is 1.83. The second kappa shape index (κ2) is 6.01. The van der Waals surface area contributed by atoms with Crippen molar-refractivity contribution in [2.45, 2.75) is 56.2 Å². The molecule has 2 heterocycles. The van der Waals surface area contributed by atoms with Crippen LogP contribution in [0, 0.1) is 0 Å². The van der Waals surface area contributed by atoms with Crippen LogP contribution in [0.4, 0.5) is 0 Å². The van der Waals surface area contributed by atoms with E-state index in [1.807, 2.05) is 37.3 Å². The van der Waals surface area contributed by atoms with Crippen molar-refractivity contribution in [1.29, 1.82) is 0 Å². The average Bonchev–Trinajstić information content (AvgIpc) is 2.72. The first-order chi connectivity index (χ1) is 10.5. The Labute approximate surface area is 132 Å². The number of hydrogen-bond donors (Lipinski definition) is 1. The van der Waals surface area contributed by atoms with Gasteiger partial charge in [-0.2, -0.15) is 0 Å². The first-order valence-electron chi connectivity index (χ1n) is 8.13. The number of carbonyl (C=O) groups excluding carboxylic acids is 1. The molecule has 2 aliphatic rings. The van der Waals surface area contributed by atoms with Gasteiger partial charge in [0.2, 0.25) is 0 Å². The lowest BCUT2D eigenvalue weighted by Gasteiger charge is -2.43. The number of hydrogen-bond acceptors (Lipinski definition) is 4. The summed E-state index contributed by atoms with van der Waals surface area (Å²) in [5.41, 5.74) is 0.409. The van der Waals surface area contributed by atoms with Crippen molar-refractivity contribution in [2.75, 3.05) is 13.7 Å². The van der Waals surface area contributed by atoms with Gasteiger partial charge in [0, 0.05) is 24.9 Å². The lowest BCUT2D eigenvalue weighted by atomic mass is 9.87. The average molecular weight is 303 g/mol. The van der Waals surface area contributed by atoms with Crippen molar-refractivity contribution in [1.82, 2.24) is 4.90 Å². The molecule has 0 spiro atoms. The van der Waals surface area contributed by atoms with Gasteiger partial charge in [0.05, 0.1) is 6.61 Å². The first kappa shape index (κ1) is 15.5. The van der Waals surface area contributed by atoms with Gasteiger partial charge >= 0.3 is 5.97 Å². The van der Waals surface area contributed by atoms with E-state index in [1.54, 1.807) is 0 Å². The minimum atomic E-state index is -0.588. The van der Waals surface area contributed by atoms with Gasteiger partial charge in [0.25, 0.3) is 0 Å². The summed E-state index contributed by atoms with van der Waals surface area (Å²) in [6.07, 6.45) is 4.16. The highest BCUT2D eigenvalue weighted by atomic mass is 16.6. The highest BCUT2D eigenvalue weighted by Gasteiger charge is 2.47. The quantitative estimate of drug-likeness (QED) is 0.867. The Balaban J connectivity index is 1.71. The predicted octanol–water partition coefficient (Wildman–Crippen LogP) is 2.32. The minimum Gasteiger partial charge on any atom is -0.459 e. The van der Waals surface area contributed by atoms with Gasteiger partial charge in [-0.1, -0.05) is 30.3 Å². The molecule has 3 atom stereocenters. The molecule has 0 aromatic heterocycles. The number of benzene rings is 1. The third kappa shape index (κ3) is 2.90. The van der Waals surface area contributed by atoms with Crippen molar-refractivity contribution >= 4 is 5.97 Å². The summed E-state index contributed by atoms with van der Waals surface area (Å²) >= 11 is 0. The topological polar surface area (TPSA) is 49.8 Å². The summed E-state index contributed by atoms with van der Waals surface area (Å²) in [6, 6.07) is 10.4. The summed E-state index contributed by atoms with van der Waals surface area (Å²) in [5, 5.41) is 9.61. The minimum absolute atomic E-state index is 0.217. The fourth-order valence-electron chi connectivity index (χ4n) is 4.06. The Morgan fingerprint density at radius 1 is 1.32 bits per heavy atom. The van der Waals surface area contributed by atoms with Crippen LogP contribution < -0.4 is 0 Å². The van der Waals surface area contributed by atoms with E-state index in [1.165, 1.54) is 12.8 Å². The van der Waals surface area contributed by atoms with Crippen LogP contribution in [0.25, 0.3) is 0 Å². The molecule has 3 unspecified atom stereocenters. The molecule has 1 N–H and O–H groups in total. The maximum Gasteiger partial charge on any atom is 0.316 e. The van der Waals surface area contributed by atoms with E-state index in [-0.39, 0.29) is 12.6 Å². The Morgan fingerprint density at radius 2 is 1.91 bits per heavy atom. The van der Waals surface area contributed by atoms with Crippen LogP contribution in [0.15, 0.2) is 30.3 Å². The van der Waals surface area contributed by atoms with Crippen LogP contribution >= 0.6 is 0 Å². The Hall–Kier alpha value is -1.39. The van der Waals surface area contributed by atoms with Gasteiger partial charge < -0.3 is 14.7 Å². The van der Waals surface area contributed by atoms with Crippen molar-refractivity contribution in [3.63, 3.8) is 0 Å². The largest absolute Gasteiger partial charge is 0.459 e. The molecule has 2 saturated heterocycles. The maximum absolute atomic E-state index is 12.6. The molecule has 2 aliphatic heterocycles. The zero-order chi connectivity index (χ0) is 15.7. The molecule has 2 fully saturated rings. The molecular formula is C18H25NO3. The molecule has 0 radical (unpaired) electrons. The molecule has 4 heteroatoms. The zero-order valence-corrected chi connectivity index (χ0v) is 13.4. The van der Waals surface area contributed by atoms with Crippen LogP contribution in [0.3, 0.4) is 0 Å². The molecule has 120 valence electrons. The number of aliphatic hydroxyl groups is 1. The van der Waals surface area contributed by atoms with E-state index < -0.39 is 11.5 Å². The van der Waals surface area contributed by atoms with Gasteiger partial charge in [-0.3, -0.25) is 4.79 Å². The lowest BCUT2D eigenvalue weighted by molar-refractivity contribution is -0.167. The molecule has 0 saturated carbocycles. The van der Waals surface area contributed by atoms with Crippen LogP contribution in [-0.2, 0) is 9.53 Å². The van der Waals surface area contributed by atoms with Crippen molar-refractivity contribution in [3.05, 3.63) is 35.9 Å². The molecule has 0 aliphatic carbocycles. The van der Waals surface area contributed by atoms with Gasteiger partial charge in [-0.15, -0.1) is 0 Å². The number of rotatable bonds is 4. The van der Waals surface area contributed by atoms with E-state index in [4.69, 9.17) is 4.74 Å². The molecule has 1 aromatic carbocycles. The number of aliphatic hydroxyl groups excluding tert-OH is 1. The van der Waals surface area contributed by atoms with E-state index in [2.05, 4.69) is 11.9 Å². The molecule has 0 amide bonds. The fraction of sp³-hybridized carbons (Fsp3) is 0.611. The summed E-state index contributed by atoms with van der Waals surface area (Å²) in [5.74, 6) is -0.893. The van der Waals surface area contributed by atoms with E-state index >= 15 is 0 Å². The van der Waals surface area contributed by atoms with Crippen LogP contribution in [-0.4, -0.2) is 47.3 Å². The van der Waals surface area contributed by atoms with E-state index in [0.717, 1.165) is 18.4 Å². The summed E-state index contributed by atoms with van der Waals surface area (Å²) in [4.78, 5) is 15.0. The molecule has 3 rings (SSSR count). The van der Waals surface area contributed by atoms with Gasteiger partial charge in [0.15, 0.2) is 0 Å². The number of fused-ring (bicyclic) bond motifs is 2. The zero-order valence-electron chi connectivity index (χ0n) is 13.4. The highest BCUT2D eigenvalue weighted by Crippen LogP contribution is 2.42. The van der Waals surface area contributed by atoms with Crippen LogP contribution in [0.5, 0.6) is 0 Å². The normalized spacial score (nSPS) is 32.7. The number of esters is 1. The Bertz CT molecular complexity index is 516. The maximum atomic E-state index is 12.6. The fourth-order valence-corrected chi connectivity index (χ4v) is 4.06. The standard InChI is InChI=1S/C18H25NO3/c1-18(10-14-8-9-15(11-18)19(14)2)22-17(21)16(12-20)13-6-4-3-5-7-13/h3-7,14-16,20H,8-12H2,1-2H3. The summed E-state index contributed by atoms with van der Waals surface area (Å²) < 4.78 is 5.89. The molecule has 1 aromatic rings. The Morgan fingerprint density at radius 3 is 2.45 bits per heavy atom. The SMILES string of the molecule is CN1C2CCC1CC(C)(OC(=O)C(CO)c1ccccc1)C2. The number of piperidine rings is 1. The molecular weight excluding hydrogens is 278 g/mol. The smallest absolute Gasteiger partial charge is 0.316 e. The second-order valence-electron chi connectivity index (χ2n) is 6.98.